The van der Waals surface area contributed by atoms with E-state index in [1.807, 2.05) is 6.07 Å². The van der Waals surface area contributed by atoms with E-state index in [-0.39, 0.29) is 0 Å². The Bertz CT molecular complexity index is 986. The van der Waals surface area contributed by atoms with Crippen molar-refractivity contribution >= 4 is 11.8 Å². The molecule has 0 fully saturated rings. The second-order valence-electron chi connectivity index (χ2n) is 7.06. The summed E-state index contributed by atoms with van der Waals surface area (Å²) in [6.45, 7) is 2.10. The predicted molar refractivity (Wildman–Crippen MR) is 112 cm³/mol. The van der Waals surface area contributed by atoms with Crippen LogP contribution in [-0.2, 0) is 18.6 Å². The SMILES string of the molecule is Cc1ccc(-c2nc(SCc3ccccc3)c(C#N)c3c2CCCC3)cc1. The number of aromatic nitrogens is 1. The molecule has 1 aliphatic carbocycles. The normalized spacial score (nSPS) is 13.0. The average molecular weight is 371 g/mol. The van der Waals surface area contributed by atoms with Crippen LogP contribution in [0, 0.1) is 18.3 Å². The lowest BCUT2D eigenvalue weighted by atomic mass is 9.86. The smallest absolute Gasteiger partial charge is 0.115 e. The minimum Gasteiger partial charge on any atom is -0.240 e. The molecule has 0 amide bonds. The number of aryl methyl sites for hydroxylation is 1. The van der Waals surface area contributed by atoms with Gasteiger partial charge in [0, 0.05) is 11.3 Å². The molecule has 134 valence electrons. The molecule has 1 aromatic heterocycles. The summed E-state index contributed by atoms with van der Waals surface area (Å²) < 4.78 is 0. The first-order valence-electron chi connectivity index (χ1n) is 9.46. The van der Waals surface area contributed by atoms with E-state index in [0.717, 1.165) is 46.9 Å². The Balaban J connectivity index is 1.79. The maximum Gasteiger partial charge on any atom is 0.115 e. The quantitative estimate of drug-likeness (QED) is 0.521. The largest absolute Gasteiger partial charge is 0.240 e. The van der Waals surface area contributed by atoms with Crippen molar-refractivity contribution in [2.24, 2.45) is 0 Å². The minimum atomic E-state index is 0.793. The average Bonchev–Trinajstić information content (AvgIpc) is 2.73. The fourth-order valence-electron chi connectivity index (χ4n) is 3.69. The van der Waals surface area contributed by atoms with E-state index in [4.69, 9.17) is 4.98 Å². The number of rotatable bonds is 4. The van der Waals surface area contributed by atoms with E-state index in [0.29, 0.717) is 0 Å². The van der Waals surface area contributed by atoms with Crippen LogP contribution < -0.4 is 0 Å². The van der Waals surface area contributed by atoms with E-state index in [1.165, 1.54) is 28.7 Å². The molecule has 0 unspecified atom stereocenters. The van der Waals surface area contributed by atoms with Gasteiger partial charge in [-0.25, -0.2) is 4.98 Å². The van der Waals surface area contributed by atoms with Crippen LogP contribution in [0.5, 0.6) is 0 Å². The van der Waals surface area contributed by atoms with Crippen LogP contribution in [0.2, 0.25) is 0 Å². The van der Waals surface area contributed by atoms with Gasteiger partial charge in [0.1, 0.15) is 11.1 Å². The Hall–Kier alpha value is -2.57. The highest BCUT2D eigenvalue weighted by molar-refractivity contribution is 7.98. The lowest BCUT2D eigenvalue weighted by Gasteiger charge is -2.22. The van der Waals surface area contributed by atoms with Gasteiger partial charge in [-0.2, -0.15) is 5.26 Å². The monoisotopic (exact) mass is 370 g/mol. The van der Waals surface area contributed by atoms with Crippen LogP contribution in [0.25, 0.3) is 11.3 Å². The Morgan fingerprint density at radius 1 is 0.963 bits per heavy atom. The van der Waals surface area contributed by atoms with E-state index in [2.05, 4.69) is 61.5 Å². The number of benzene rings is 2. The van der Waals surface area contributed by atoms with Crippen molar-refractivity contribution in [3.63, 3.8) is 0 Å². The van der Waals surface area contributed by atoms with Gasteiger partial charge in [0.25, 0.3) is 0 Å². The first kappa shape index (κ1) is 17.8. The molecule has 0 bridgehead atoms. The van der Waals surface area contributed by atoms with Crippen LogP contribution in [0.4, 0.5) is 0 Å². The molecular weight excluding hydrogens is 348 g/mol. The lowest BCUT2D eigenvalue weighted by molar-refractivity contribution is 0.677. The summed E-state index contributed by atoms with van der Waals surface area (Å²) in [5.74, 6) is 0.828. The molecule has 0 spiro atoms. The van der Waals surface area contributed by atoms with Gasteiger partial charge in [-0.1, -0.05) is 60.2 Å². The van der Waals surface area contributed by atoms with E-state index in [9.17, 15) is 5.26 Å². The highest BCUT2D eigenvalue weighted by Gasteiger charge is 2.23. The first-order chi connectivity index (χ1) is 13.3. The van der Waals surface area contributed by atoms with Crippen molar-refractivity contribution in [1.29, 1.82) is 5.26 Å². The number of thioether (sulfide) groups is 1. The second-order valence-corrected chi connectivity index (χ2v) is 8.02. The molecule has 2 aromatic carbocycles. The number of hydrogen-bond acceptors (Lipinski definition) is 3. The summed E-state index contributed by atoms with van der Waals surface area (Å²) in [5.41, 5.74) is 8.03. The zero-order valence-corrected chi connectivity index (χ0v) is 16.4. The third kappa shape index (κ3) is 3.77. The molecule has 0 atom stereocenters. The van der Waals surface area contributed by atoms with Gasteiger partial charge in [0.15, 0.2) is 0 Å². The van der Waals surface area contributed by atoms with E-state index in [1.54, 1.807) is 11.8 Å². The Morgan fingerprint density at radius 2 is 1.67 bits per heavy atom. The zero-order valence-electron chi connectivity index (χ0n) is 15.5. The number of fused-ring (bicyclic) bond motifs is 1. The molecule has 1 aliphatic rings. The van der Waals surface area contributed by atoms with Gasteiger partial charge >= 0.3 is 0 Å². The van der Waals surface area contributed by atoms with Gasteiger partial charge in [-0.3, -0.25) is 0 Å². The molecule has 0 N–H and O–H groups in total. The van der Waals surface area contributed by atoms with Crippen molar-refractivity contribution in [3.05, 3.63) is 82.4 Å². The van der Waals surface area contributed by atoms with Crippen molar-refractivity contribution in [2.45, 2.75) is 43.4 Å². The van der Waals surface area contributed by atoms with Crippen molar-refractivity contribution in [1.82, 2.24) is 4.98 Å². The van der Waals surface area contributed by atoms with Crippen LogP contribution in [-0.4, -0.2) is 4.98 Å². The van der Waals surface area contributed by atoms with Crippen LogP contribution in [0.15, 0.2) is 59.6 Å². The maximum absolute atomic E-state index is 9.87. The molecule has 27 heavy (non-hydrogen) atoms. The fourth-order valence-corrected chi connectivity index (χ4v) is 4.66. The first-order valence-corrected chi connectivity index (χ1v) is 10.4. The van der Waals surface area contributed by atoms with Crippen molar-refractivity contribution < 1.29 is 0 Å². The summed E-state index contributed by atoms with van der Waals surface area (Å²) in [7, 11) is 0. The molecule has 2 nitrogen and oxygen atoms in total. The molecule has 0 saturated heterocycles. The van der Waals surface area contributed by atoms with Crippen LogP contribution in [0.3, 0.4) is 0 Å². The Labute approximate surface area is 165 Å². The van der Waals surface area contributed by atoms with Gasteiger partial charge in [-0.15, -0.1) is 11.8 Å². The van der Waals surface area contributed by atoms with Gasteiger partial charge in [0.2, 0.25) is 0 Å². The third-order valence-electron chi connectivity index (χ3n) is 5.14. The highest BCUT2D eigenvalue weighted by Crippen LogP contribution is 2.37. The van der Waals surface area contributed by atoms with E-state index < -0.39 is 0 Å². The van der Waals surface area contributed by atoms with Gasteiger partial charge < -0.3 is 0 Å². The molecule has 4 rings (SSSR count). The summed E-state index contributed by atoms with van der Waals surface area (Å²) in [6.07, 6.45) is 4.33. The predicted octanol–water partition coefficient (Wildman–Crippen LogP) is 6.10. The maximum atomic E-state index is 9.87. The highest BCUT2D eigenvalue weighted by atomic mass is 32.2. The third-order valence-corrected chi connectivity index (χ3v) is 6.18. The van der Waals surface area contributed by atoms with Gasteiger partial charge in [-0.05, 0) is 49.3 Å². The number of nitrogens with zero attached hydrogens (tertiary/aromatic N) is 2. The summed E-state index contributed by atoms with van der Waals surface area (Å²) in [5, 5.41) is 10.7. The fraction of sp³-hybridized carbons (Fsp3) is 0.250. The van der Waals surface area contributed by atoms with Crippen molar-refractivity contribution in [2.75, 3.05) is 0 Å². The zero-order chi connectivity index (χ0) is 18.6. The molecule has 0 saturated carbocycles. The Kier molecular flexibility index (Phi) is 5.27. The number of nitriles is 1. The second kappa shape index (κ2) is 7.98. The molecule has 0 radical (unpaired) electrons. The topological polar surface area (TPSA) is 36.7 Å². The number of hydrogen-bond donors (Lipinski definition) is 0. The minimum absolute atomic E-state index is 0.793. The lowest BCUT2D eigenvalue weighted by Crippen LogP contribution is -2.10. The van der Waals surface area contributed by atoms with Crippen LogP contribution >= 0.6 is 11.8 Å². The van der Waals surface area contributed by atoms with E-state index >= 15 is 0 Å². The Morgan fingerprint density at radius 3 is 2.37 bits per heavy atom. The molecule has 0 aliphatic heterocycles. The standard InChI is InChI=1S/C24H22N2S/c1-17-11-13-19(14-12-17)23-21-10-6-5-9-20(21)22(15-25)24(26-23)27-16-18-7-3-2-4-8-18/h2-4,7-8,11-14H,5-6,9-10,16H2,1H3. The summed E-state index contributed by atoms with van der Waals surface area (Å²) in [4.78, 5) is 5.01. The van der Waals surface area contributed by atoms with Crippen LogP contribution in [0.1, 0.15) is 40.7 Å². The number of pyridine rings is 1. The molecule has 3 aromatic rings. The van der Waals surface area contributed by atoms with Crippen molar-refractivity contribution in [3.8, 4) is 17.3 Å². The molecule has 3 heteroatoms. The molecular formula is C24H22N2S. The summed E-state index contributed by atoms with van der Waals surface area (Å²) in [6, 6.07) is 21.4. The van der Waals surface area contributed by atoms with Gasteiger partial charge in [0.05, 0.1) is 11.3 Å². The molecule has 1 heterocycles. The summed E-state index contributed by atoms with van der Waals surface area (Å²) >= 11 is 1.68.